The van der Waals surface area contributed by atoms with Crippen molar-refractivity contribution >= 4 is 5.65 Å². The molecule has 2 heteroatoms. The minimum absolute atomic E-state index is 0.370. The lowest BCUT2D eigenvalue weighted by molar-refractivity contribution is -0.510. The molecule has 0 N–H and O–H groups in total. The Hall–Kier alpha value is -2.87. The zero-order chi connectivity index (χ0) is 16.4. The summed E-state index contributed by atoms with van der Waals surface area (Å²) in [5.41, 5.74) is 5.10. The predicted molar refractivity (Wildman–Crippen MR) is 97.9 cm³/mol. The van der Waals surface area contributed by atoms with Crippen molar-refractivity contribution in [3.63, 3.8) is 0 Å². The first-order chi connectivity index (χ1) is 11.8. The van der Waals surface area contributed by atoms with E-state index in [4.69, 9.17) is 0 Å². The summed E-state index contributed by atoms with van der Waals surface area (Å²) in [6, 6.07) is 28.1. The summed E-state index contributed by atoms with van der Waals surface area (Å²) in [7, 11) is 0. The molecule has 1 unspecified atom stereocenters. The van der Waals surface area contributed by atoms with E-state index in [1.165, 1.54) is 22.5 Å². The summed E-state index contributed by atoms with van der Waals surface area (Å²) < 4.78 is 4.66. The number of hydrogen-bond acceptors (Lipinski definition) is 0. The lowest BCUT2D eigenvalue weighted by Crippen LogP contribution is -2.19. The Bertz CT molecular complexity index is 940. The van der Waals surface area contributed by atoms with E-state index < -0.39 is 0 Å². The maximum absolute atomic E-state index is 2.45. The predicted octanol–water partition coefficient (Wildman–Crippen LogP) is 4.70. The van der Waals surface area contributed by atoms with Crippen molar-refractivity contribution in [3.8, 4) is 11.3 Å². The maximum Gasteiger partial charge on any atom is 0.286 e. The van der Waals surface area contributed by atoms with Gasteiger partial charge in [0.05, 0.1) is 6.20 Å². The van der Waals surface area contributed by atoms with Crippen LogP contribution >= 0.6 is 0 Å². The highest BCUT2D eigenvalue weighted by atomic mass is 15.1. The highest BCUT2D eigenvalue weighted by molar-refractivity contribution is 5.61. The molecule has 0 bridgehead atoms. The van der Waals surface area contributed by atoms with Crippen molar-refractivity contribution in [1.82, 2.24) is 4.57 Å². The van der Waals surface area contributed by atoms with Crippen LogP contribution in [0.2, 0.25) is 0 Å². The van der Waals surface area contributed by atoms with Gasteiger partial charge in [-0.2, -0.15) is 0 Å². The molecule has 2 aromatic carbocycles. The second kappa shape index (κ2) is 6.32. The topological polar surface area (TPSA) is 9.03 Å². The average Bonchev–Trinajstić information content (AvgIpc) is 3.03. The third-order valence-corrected chi connectivity index (χ3v) is 4.52. The van der Waals surface area contributed by atoms with Crippen LogP contribution < -0.4 is 4.40 Å². The van der Waals surface area contributed by atoms with Crippen LogP contribution in [-0.4, -0.2) is 4.57 Å². The van der Waals surface area contributed by atoms with Gasteiger partial charge in [0.1, 0.15) is 12.2 Å². The largest absolute Gasteiger partial charge is 0.286 e. The lowest BCUT2D eigenvalue weighted by Gasteiger charge is -2.12. The molecule has 24 heavy (non-hydrogen) atoms. The summed E-state index contributed by atoms with van der Waals surface area (Å²) in [5.74, 6) is 0. The van der Waals surface area contributed by atoms with Crippen LogP contribution in [0.3, 0.4) is 0 Å². The molecule has 0 fully saturated rings. The fourth-order valence-electron chi connectivity index (χ4n) is 3.41. The SMILES string of the molecule is CC(Cc1ccccc1)n1c(-c2ccccc2)c[n+]2ccccc12. The Labute approximate surface area is 142 Å². The molecule has 0 saturated carbocycles. The molecule has 2 nitrogen and oxygen atoms in total. The third kappa shape index (κ3) is 2.71. The Kier molecular flexibility index (Phi) is 3.87. The molecule has 1 atom stereocenters. The number of rotatable bonds is 4. The van der Waals surface area contributed by atoms with Crippen molar-refractivity contribution in [2.45, 2.75) is 19.4 Å². The van der Waals surface area contributed by atoms with Gasteiger partial charge in [0.25, 0.3) is 5.65 Å². The highest BCUT2D eigenvalue weighted by Gasteiger charge is 2.23. The van der Waals surface area contributed by atoms with Crippen LogP contribution in [0.1, 0.15) is 18.5 Å². The van der Waals surface area contributed by atoms with Gasteiger partial charge in [-0.1, -0.05) is 66.7 Å². The number of aromatic nitrogens is 2. The van der Waals surface area contributed by atoms with Crippen molar-refractivity contribution in [2.75, 3.05) is 0 Å². The number of pyridine rings is 1. The number of hydrogen-bond donors (Lipinski definition) is 0. The average molecular weight is 313 g/mol. The normalized spacial score (nSPS) is 12.4. The molecule has 0 radical (unpaired) electrons. The Morgan fingerprint density at radius 3 is 2.25 bits per heavy atom. The van der Waals surface area contributed by atoms with Gasteiger partial charge < -0.3 is 0 Å². The van der Waals surface area contributed by atoms with Crippen molar-refractivity contribution in [2.24, 2.45) is 0 Å². The van der Waals surface area contributed by atoms with E-state index >= 15 is 0 Å². The van der Waals surface area contributed by atoms with Crippen molar-refractivity contribution in [1.29, 1.82) is 0 Å². The van der Waals surface area contributed by atoms with Gasteiger partial charge in [-0.25, -0.2) is 8.97 Å². The highest BCUT2D eigenvalue weighted by Crippen LogP contribution is 2.26. The van der Waals surface area contributed by atoms with Gasteiger partial charge in [0.15, 0.2) is 5.69 Å². The maximum atomic E-state index is 2.45. The van der Waals surface area contributed by atoms with Crippen molar-refractivity contribution < 1.29 is 4.40 Å². The van der Waals surface area contributed by atoms with Crippen molar-refractivity contribution in [3.05, 3.63) is 96.8 Å². The van der Waals surface area contributed by atoms with Crippen LogP contribution in [0, 0.1) is 0 Å². The molecule has 2 heterocycles. The van der Waals surface area contributed by atoms with Crippen LogP contribution in [0.5, 0.6) is 0 Å². The number of imidazole rings is 1. The summed E-state index contributed by atoms with van der Waals surface area (Å²) in [5, 5.41) is 0. The first-order valence-electron chi connectivity index (χ1n) is 8.43. The van der Waals surface area contributed by atoms with E-state index in [1.807, 2.05) is 0 Å². The standard InChI is InChI=1S/C22H21N2/c1-18(16-19-10-4-2-5-11-19)24-21(20-12-6-3-7-13-20)17-23-15-9-8-14-22(23)24/h2-15,17-18H,16H2,1H3/q+1. The summed E-state index contributed by atoms with van der Waals surface area (Å²) in [4.78, 5) is 0. The van der Waals surface area contributed by atoms with E-state index in [-0.39, 0.29) is 0 Å². The number of fused-ring (bicyclic) bond motifs is 1. The first-order valence-corrected chi connectivity index (χ1v) is 8.43. The van der Waals surface area contributed by atoms with Gasteiger partial charge in [-0.15, -0.1) is 0 Å². The van der Waals surface area contributed by atoms with Gasteiger partial charge in [0.2, 0.25) is 0 Å². The van der Waals surface area contributed by atoms with Crippen LogP contribution in [0.4, 0.5) is 0 Å². The molecule has 0 amide bonds. The van der Waals surface area contributed by atoms with Crippen LogP contribution in [-0.2, 0) is 6.42 Å². The molecular weight excluding hydrogens is 292 g/mol. The monoisotopic (exact) mass is 313 g/mol. The van der Waals surface area contributed by atoms with Gasteiger partial charge in [-0.05, 0) is 18.6 Å². The molecule has 0 spiro atoms. The van der Waals surface area contributed by atoms with E-state index in [0.29, 0.717) is 6.04 Å². The zero-order valence-electron chi connectivity index (χ0n) is 13.8. The van der Waals surface area contributed by atoms with E-state index in [0.717, 1.165) is 6.42 Å². The molecule has 0 aliphatic carbocycles. The summed E-state index contributed by atoms with van der Waals surface area (Å²) >= 11 is 0. The summed E-state index contributed by atoms with van der Waals surface area (Å²) in [6.45, 7) is 2.30. The van der Waals surface area contributed by atoms with E-state index in [9.17, 15) is 0 Å². The molecule has 0 aliphatic heterocycles. The lowest BCUT2D eigenvalue weighted by atomic mass is 10.1. The fourth-order valence-corrected chi connectivity index (χ4v) is 3.41. The van der Waals surface area contributed by atoms with E-state index in [2.05, 4.69) is 107 Å². The van der Waals surface area contributed by atoms with Crippen LogP contribution in [0.15, 0.2) is 91.3 Å². The molecule has 0 aliphatic rings. The molecule has 0 saturated heterocycles. The quantitative estimate of drug-likeness (QED) is 0.483. The zero-order valence-corrected chi connectivity index (χ0v) is 13.8. The Morgan fingerprint density at radius 2 is 1.50 bits per heavy atom. The second-order valence-corrected chi connectivity index (χ2v) is 6.26. The molecule has 4 aromatic rings. The molecule has 4 rings (SSSR count). The minimum Gasteiger partial charge on any atom is -0.220 e. The van der Waals surface area contributed by atoms with Crippen LogP contribution in [0.25, 0.3) is 16.9 Å². The van der Waals surface area contributed by atoms with Gasteiger partial charge >= 0.3 is 0 Å². The fraction of sp³-hybridized carbons (Fsp3) is 0.136. The first kappa shape index (κ1) is 14.7. The van der Waals surface area contributed by atoms with Gasteiger partial charge in [-0.3, -0.25) is 0 Å². The third-order valence-electron chi connectivity index (χ3n) is 4.52. The second-order valence-electron chi connectivity index (χ2n) is 6.26. The molecular formula is C22H21N2+. The Balaban J connectivity index is 1.83. The molecule has 2 aromatic heterocycles. The smallest absolute Gasteiger partial charge is 0.220 e. The van der Waals surface area contributed by atoms with Gasteiger partial charge in [0, 0.05) is 18.1 Å². The Morgan fingerprint density at radius 1 is 0.833 bits per heavy atom. The van der Waals surface area contributed by atoms with E-state index in [1.54, 1.807) is 0 Å². The summed E-state index contributed by atoms with van der Waals surface area (Å²) in [6.07, 6.45) is 5.36. The number of nitrogens with zero attached hydrogens (tertiary/aromatic N) is 2. The minimum atomic E-state index is 0.370. The number of benzene rings is 2. The molecule has 118 valence electrons.